The summed E-state index contributed by atoms with van der Waals surface area (Å²) in [6, 6.07) is 0. The van der Waals surface area contributed by atoms with Gasteiger partial charge >= 0.3 is 0 Å². The first-order valence-corrected chi connectivity index (χ1v) is 10.6. The van der Waals surface area contributed by atoms with Crippen molar-refractivity contribution in [3.63, 3.8) is 0 Å². The molecule has 0 unspecified atom stereocenters. The summed E-state index contributed by atoms with van der Waals surface area (Å²) in [4.78, 5) is 10.7. The normalized spacial score (nSPS) is 34.0. The predicted molar refractivity (Wildman–Crippen MR) is 99.9 cm³/mol. The molecule has 1 aromatic rings. The number of halogens is 1. The maximum absolute atomic E-state index is 11.0. The van der Waals surface area contributed by atoms with Crippen LogP contribution in [0.15, 0.2) is 0 Å². The second kappa shape index (κ2) is 6.75. The first-order chi connectivity index (χ1) is 11.6. The summed E-state index contributed by atoms with van der Waals surface area (Å²) in [5, 5.41) is 12.7. The summed E-state index contributed by atoms with van der Waals surface area (Å²) in [7, 11) is 0. The number of thiazole rings is 1. The second-order valence-electron chi connectivity index (χ2n) is 7.81. The Morgan fingerprint density at radius 1 is 1.29 bits per heavy atom. The van der Waals surface area contributed by atoms with Crippen LogP contribution in [-0.2, 0) is 6.54 Å². The minimum atomic E-state index is -0.449. The molecule has 3 fully saturated rings. The molecule has 2 saturated heterocycles. The molecule has 0 amide bonds. The zero-order chi connectivity index (χ0) is 16.7. The monoisotopic (exact) mass is 369 g/mol. The highest BCUT2D eigenvalue weighted by atomic mass is 35.5. The second-order valence-corrected chi connectivity index (χ2v) is 9.23. The highest BCUT2D eigenvalue weighted by Crippen LogP contribution is 2.45. The molecule has 1 saturated carbocycles. The number of hydrogen-bond donors (Lipinski definition) is 1. The summed E-state index contributed by atoms with van der Waals surface area (Å²) in [5.74, 6) is 1.08. The Balaban J connectivity index is 1.45. The molecule has 0 spiro atoms. The van der Waals surface area contributed by atoms with E-state index in [2.05, 4.69) is 21.7 Å². The van der Waals surface area contributed by atoms with Crippen molar-refractivity contribution in [2.75, 3.05) is 31.1 Å². The van der Waals surface area contributed by atoms with Crippen molar-refractivity contribution in [2.45, 2.75) is 57.6 Å². The average molecular weight is 370 g/mol. The molecular weight excluding hydrogens is 342 g/mol. The largest absolute Gasteiger partial charge is 0.390 e. The van der Waals surface area contributed by atoms with E-state index in [1.807, 2.05) is 0 Å². The lowest BCUT2D eigenvalue weighted by molar-refractivity contribution is -0.0613. The summed E-state index contributed by atoms with van der Waals surface area (Å²) < 4.78 is 0. The van der Waals surface area contributed by atoms with Gasteiger partial charge in [0.15, 0.2) is 5.13 Å². The summed E-state index contributed by atoms with van der Waals surface area (Å²) in [6.45, 7) is 7.34. The van der Waals surface area contributed by atoms with Gasteiger partial charge in [-0.2, -0.15) is 0 Å². The molecule has 4 rings (SSSR count). The van der Waals surface area contributed by atoms with E-state index in [9.17, 15) is 5.11 Å². The van der Waals surface area contributed by atoms with Crippen molar-refractivity contribution in [3.05, 3.63) is 10.0 Å². The van der Waals surface area contributed by atoms with Crippen molar-refractivity contribution in [1.29, 1.82) is 0 Å². The number of aromatic nitrogens is 1. The maximum Gasteiger partial charge on any atom is 0.187 e. The molecule has 1 N–H and O–H groups in total. The Kier molecular flexibility index (Phi) is 4.80. The smallest absolute Gasteiger partial charge is 0.187 e. The molecule has 0 bridgehead atoms. The van der Waals surface area contributed by atoms with Crippen LogP contribution in [0.2, 0.25) is 5.15 Å². The fourth-order valence-electron chi connectivity index (χ4n) is 4.95. The quantitative estimate of drug-likeness (QED) is 0.876. The van der Waals surface area contributed by atoms with Crippen LogP contribution in [0.4, 0.5) is 5.13 Å². The number of nitrogens with zero attached hydrogens (tertiary/aromatic N) is 3. The fourth-order valence-corrected chi connectivity index (χ4v) is 6.30. The van der Waals surface area contributed by atoms with Gasteiger partial charge in [0, 0.05) is 38.6 Å². The maximum atomic E-state index is 11.0. The first-order valence-electron chi connectivity index (χ1n) is 9.44. The van der Waals surface area contributed by atoms with Crippen LogP contribution in [0.1, 0.15) is 50.3 Å². The number of likely N-dealkylation sites (tertiary alicyclic amines) is 1. The van der Waals surface area contributed by atoms with Gasteiger partial charge in [-0.1, -0.05) is 36.3 Å². The van der Waals surface area contributed by atoms with E-state index in [1.165, 1.54) is 30.6 Å². The van der Waals surface area contributed by atoms with E-state index in [1.54, 1.807) is 11.3 Å². The van der Waals surface area contributed by atoms with Crippen LogP contribution in [0.5, 0.6) is 0 Å². The Morgan fingerprint density at radius 2 is 2.08 bits per heavy atom. The minimum absolute atomic E-state index is 0.431. The van der Waals surface area contributed by atoms with Gasteiger partial charge < -0.3 is 10.0 Å². The zero-order valence-corrected chi connectivity index (χ0v) is 16.1. The van der Waals surface area contributed by atoms with Crippen molar-refractivity contribution < 1.29 is 5.11 Å². The Morgan fingerprint density at radius 3 is 2.83 bits per heavy atom. The molecule has 134 valence electrons. The highest BCUT2D eigenvalue weighted by molar-refractivity contribution is 7.16. The SMILES string of the molecule is CC[C@]1(O)CCC[C@H]2CN(Cc3sc(N4CCCC4)nc3Cl)C[C@H]21. The Hall–Kier alpha value is -0.360. The molecule has 24 heavy (non-hydrogen) atoms. The third kappa shape index (κ3) is 3.09. The predicted octanol–water partition coefficient (Wildman–Crippen LogP) is 3.77. The number of hydrogen-bond acceptors (Lipinski definition) is 5. The van der Waals surface area contributed by atoms with E-state index < -0.39 is 5.60 Å². The topological polar surface area (TPSA) is 39.6 Å². The number of anilines is 1. The molecule has 0 radical (unpaired) electrons. The fraction of sp³-hybridized carbons (Fsp3) is 0.833. The van der Waals surface area contributed by atoms with Gasteiger partial charge in [-0.15, -0.1) is 0 Å². The minimum Gasteiger partial charge on any atom is -0.390 e. The molecule has 3 atom stereocenters. The van der Waals surface area contributed by atoms with Crippen molar-refractivity contribution in [2.24, 2.45) is 11.8 Å². The average Bonchev–Trinajstić information content (AvgIpc) is 3.29. The summed E-state index contributed by atoms with van der Waals surface area (Å²) >= 11 is 8.20. The third-order valence-corrected chi connectivity index (χ3v) is 7.91. The number of rotatable bonds is 4. The van der Waals surface area contributed by atoms with Crippen LogP contribution < -0.4 is 4.90 Å². The van der Waals surface area contributed by atoms with Crippen molar-refractivity contribution >= 4 is 28.1 Å². The summed E-state index contributed by atoms with van der Waals surface area (Å²) in [6.07, 6.45) is 6.80. The first kappa shape index (κ1) is 17.1. The van der Waals surface area contributed by atoms with E-state index in [-0.39, 0.29) is 0 Å². The van der Waals surface area contributed by atoms with Gasteiger partial charge in [0.05, 0.1) is 10.5 Å². The van der Waals surface area contributed by atoms with Gasteiger partial charge in [0.1, 0.15) is 5.15 Å². The molecule has 3 heterocycles. The molecular formula is C18H28ClN3OS. The van der Waals surface area contributed by atoms with Gasteiger partial charge in [0.25, 0.3) is 0 Å². The van der Waals surface area contributed by atoms with Crippen LogP contribution in [0, 0.1) is 11.8 Å². The van der Waals surface area contributed by atoms with E-state index in [0.717, 1.165) is 50.7 Å². The van der Waals surface area contributed by atoms with Crippen molar-refractivity contribution in [1.82, 2.24) is 9.88 Å². The molecule has 2 aliphatic heterocycles. The number of aliphatic hydroxyl groups is 1. The van der Waals surface area contributed by atoms with Crippen molar-refractivity contribution in [3.8, 4) is 0 Å². The standard InChI is InChI=1S/C18H28ClN3OS/c1-2-18(23)7-5-6-13-10-21(11-14(13)18)12-15-16(19)20-17(24-15)22-8-3-4-9-22/h13-14,23H,2-12H2,1H3/t13-,14+,18-/m0/s1. The number of fused-ring (bicyclic) bond motifs is 1. The van der Waals surface area contributed by atoms with E-state index in [0.29, 0.717) is 17.0 Å². The van der Waals surface area contributed by atoms with Crippen LogP contribution >= 0.6 is 22.9 Å². The molecule has 1 aliphatic carbocycles. The molecule has 6 heteroatoms. The van der Waals surface area contributed by atoms with Crippen LogP contribution in [0.25, 0.3) is 0 Å². The highest BCUT2D eigenvalue weighted by Gasteiger charge is 2.47. The third-order valence-electron chi connectivity index (χ3n) is 6.39. The van der Waals surface area contributed by atoms with Gasteiger partial charge in [-0.3, -0.25) is 4.90 Å². The molecule has 4 nitrogen and oxygen atoms in total. The van der Waals surface area contributed by atoms with Gasteiger partial charge in [0.2, 0.25) is 0 Å². The molecule has 3 aliphatic rings. The van der Waals surface area contributed by atoms with E-state index >= 15 is 0 Å². The van der Waals surface area contributed by atoms with Gasteiger partial charge in [-0.25, -0.2) is 4.98 Å². The Bertz CT molecular complexity index is 589. The summed E-state index contributed by atoms with van der Waals surface area (Å²) in [5.41, 5.74) is -0.449. The van der Waals surface area contributed by atoms with E-state index in [4.69, 9.17) is 11.6 Å². The zero-order valence-electron chi connectivity index (χ0n) is 14.5. The Labute approximate surface area is 153 Å². The molecule has 0 aromatic carbocycles. The van der Waals surface area contributed by atoms with Crippen LogP contribution in [0.3, 0.4) is 0 Å². The lowest BCUT2D eigenvalue weighted by Crippen LogP contribution is -2.44. The van der Waals surface area contributed by atoms with Gasteiger partial charge in [-0.05, 0) is 38.0 Å². The van der Waals surface area contributed by atoms with Crippen LogP contribution in [-0.4, -0.2) is 46.8 Å². The lowest BCUT2D eigenvalue weighted by atomic mass is 9.69. The molecule has 1 aromatic heterocycles. The lowest BCUT2D eigenvalue weighted by Gasteiger charge is -2.40.